The van der Waals surface area contributed by atoms with E-state index in [0.29, 0.717) is 12.5 Å². The second-order valence-corrected chi connectivity index (χ2v) is 4.54. The van der Waals surface area contributed by atoms with Gasteiger partial charge in [0.1, 0.15) is 5.84 Å². The number of oxime groups is 1. The van der Waals surface area contributed by atoms with E-state index in [2.05, 4.69) is 28.9 Å². The molecule has 0 aromatic carbocycles. The predicted molar refractivity (Wildman–Crippen MR) is 72.7 cm³/mol. The molecular formula is C13H22N4O. The van der Waals surface area contributed by atoms with Crippen molar-refractivity contribution in [2.45, 2.75) is 32.7 Å². The van der Waals surface area contributed by atoms with Crippen molar-refractivity contribution < 1.29 is 5.21 Å². The molecule has 100 valence electrons. The molecule has 0 atom stereocenters. The van der Waals surface area contributed by atoms with E-state index in [-0.39, 0.29) is 5.84 Å². The standard InChI is InChI=1S/C13H22N4O/c1-11(2)17(10-7-13(14)16-18)9-6-12-5-3-4-8-15-12/h3-5,8,11,18H,6-7,9-10H2,1-2H3,(H2,14,16). The van der Waals surface area contributed by atoms with Gasteiger partial charge in [-0.15, -0.1) is 0 Å². The van der Waals surface area contributed by atoms with Crippen LogP contribution in [0.2, 0.25) is 0 Å². The molecule has 18 heavy (non-hydrogen) atoms. The molecule has 3 N–H and O–H groups in total. The fourth-order valence-corrected chi connectivity index (χ4v) is 1.74. The smallest absolute Gasteiger partial charge is 0.140 e. The Balaban J connectivity index is 2.43. The van der Waals surface area contributed by atoms with Crippen LogP contribution in [0.3, 0.4) is 0 Å². The first kappa shape index (κ1) is 14.4. The first-order valence-electron chi connectivity index (χ1n) is 6.24. The maximum absolute atomic E-state index is 8.53. The van der Waals surface area contributed by atoms with E-state index in [1.165, 1.54) is 0 Å². The minimum atomic E-state index is 0.276. The van der Waals surface area contributed by atoms with Gasteiger partial charge >= 0.3 is 0 Å². The zero-order valence-electron chi connectivity index (χ0n) is 11.1. The van der Waals surface area contributed by atoms with Crippen LogP contribution in [0.5, 0.6) is 0 Å². The Hall–Kier alpha value is -1.62. The quantitative estimate of drug-likeness (QED) is 0.332. The van der Waals surface area contributed by atoms with E-state index in [1.54, 1.807) is 0 Å². The molecule has 0 radical (unpaired) electrons. The van der Waals surface area contributed by atoms with Gasteiger partial charge in [-0.05, 0) is 26.0 Å². The largest absolute Gasteiger partial charge is 0.409 e. The summed E-state index contributed by atoms with van der Waals surface area (Å²) in [7, 11) is 0. The minimum Gasteiger partial charge on any atom is -0.409 e. The van der Waals surface area contributed by atoms with Gasteiger partial charge in [-0.1, -0.05) is 11.2 Å². The highest BCUT2D eigenvalue weighted by Crippen LogP contribution is 2.03. The number of amidine groups is 1. The maximum Gasteiger partial charge on any atom is 0.140 e. The normalized spacial score (nSPS) is 12.3. The van der Waals surface area contributed by atoms with Crippen molar-refractivity contribution in [3.8, 4) is 0 Å². The van der Waals surface area contributed by atoms with E-state index in [0.717, 1.165) is 25.2 Å². The lowest BCUT2D eigenvalue weighted by Crippen LogP contribution is -2.35. The summed E-state index contributed by atoms with van der Waals surface area (Å²) in [6.45, 7) is 6.00. The number of nitrogens with zero attached hydrogens (tertiary/aromatic N) is 3. The zero-order valence-corrected chi connectivity index (χ0v) is 11.1. The molecule has 1 aromatic rings. The van der Waals surface area contributed by atoms with Crippen molar-refractivity contribution >= 4 is 5.84 Å². The summed E-state index contributed by atoms with van der Waals surface area (Å²) in [5.74, 6) is 0.276. The molecule has 0 saturated heterocycles. The number of nitrogens with two attached hydrogens (primary N) is 1. The molecule has 1 heterocycles. The van der Waals surface area contributed by atoms with E-state index < -0.39 is 0 Å². The van der Waals surface area contributed by atoms with Crippen LogP contribution >= 0.6 is 0 Å². The Kier molecular flexibility index (Phi) is 6.14. The van der Waals surface area contributed by atoms with Gasteiger partial charge < -0.3 is 15.8 Å². The van der Waals surface area contributed by atoms with Crippen LogP contribution < -0.4 is 5.73 Å². The summed E-state index contributed by atoms with van der Waals surface area (Å²) in [4.78, 5) is 6.60. The van der Waals surface area contributed by atoms with Gasteiger partial charge in [-0.2, -0.15) is 0 Å². The number of hydrogen-bond donors (Lipinski definition) is 2. The molecule has 0 aliphatic carbocycles. The van der Waals surface area contributed by atoms with E-state index >= 15 is 0 Å². The molecule has 5 heteroatoms. The molecular weight excluding hydrogens is 228 g/mol. The first-order valence-corrected chi connectivity index (χ1v) is 6.24. The molecule has 1 aromatic heterocycles. The topological polar surface area (TPSA) is 74.7 Å². The van der Waals surface area contributed by atoms with Crippen molar-refractivity contribution in [2.75, 3.05) is 13.1 Å². The third-order valence-corrected chi connectivity index (χ3v) is 2.90. The van der Waals surface area contributed by atoms with Crippen LogP contribution in [0.4, 0.5) is 0 Å². The van der Waals surface area contributed by atoms with Gasteiger partial charge in [0.2, 0.25) is 0 Å². The molecule has 0 aliphatic rings. The molecule has 0 bridgehead atoms. The Morgan fingerprint density at radius 2 is 2.22 bits per heavy atom. The van der Waals surface area contributed by atoms with Crippen LogP contribution in [-0.4, -0.2) is 40.1 Å². The fraction of sp³-hybridized carbons (Fsp3) is 0.538. The molecule has 0 amide bonds. The Labute approximate surface area is 108 Å². The van der Waals surface area contributed by atoms with Crippen molar-refractivity contribution in [3.05, 3.63) is 30.1 Å². The molecule has 0 saturated carbocycles. The summed E-state index contributed by atoms with van der Waals surface area (Å²) in [5.41, 5.74) is 6.58. The fourth-order valence-electron chi connectivity index (χ4n) is 1.74. The SMILES string of the molecule is CC(C)N(CCC(N)=NO)CCc1ccccn1. The number of rotatable bonds is 7. The monoisotopic (exact) mass is 250 g/mol. The average Bonchev–Trinajstić information content (AvgIpc) is 2.39. The molecule has 0 spiro atoms. The van der Waals surface area contributed by atoms with Crippen molar-refractivity contribution in [1.82, 2.24) is 9.88 Å². The lowest BCUT2D eigenvalue weighted by molar-refractivity contribution is 0.228. The van der Waals surface area contributed by atoms with E-state index in [9.17, 15) is 0 Å². The zero-order chi connectivity index (χ0) is 13.4. The van der Waals surface area contributed by atoms with Crippen LogP contribution in [0.25, 0.3) is 0 Å². The summed E-state index contributed by atoms with van der Waals surface area (Å²) in [6, 6.07) is 6.38. The first-order chi connectivity index (χ1) is 8.63. The minimum absolute atomic E-state index is 0.276. The van der Waals surface area contributed by atoms with Gasteiger partial charge in [0.15, 0.2) is 0 Å². The van der Waals surface area contributed by atoms with Crippen molar-refractivity contribution in [3.63, 3.8) is 0 Å². The molecule has 0 unspecified atom stereocenters. The number of pyridine rings is 1. The predicted octanol–water partition coefficient (Wildman–Crippen LogP) is 1.47. The molecule has 0 fully saturated rings. The third-order valence-electron chi connectivity index (χ3n) is 2.90. The van der Waals surface area contributed by atoms with Crippen LogP contribution in [0.1, 0.15) is 26.0 Å². The Morgan fingerprint density at radius 3 is 2.78 bits per heavy atom. The maximum atomic E-state index is 8.53. The van der Waals surface area contributed by atoms with Crippen LogP contribution in [0, 0.1) is 0 Å². The Bertz CT molecular complexity index is 365. The van der Waals surface area contributed by atoms with Gasteiger partial charge in [0, 0.05) is 43.9 Å². The summed E-state index contributed by atoms with van der Waals surface area (Å²) in [5, 5.41) is 11.5. The second kappa shape index (κ2) is 7.66. The highest BCUT2D eigenvalue weighted by atomic mass is 16.4. The lowest BCUT2D eigenvalue weighted by Gasteiger charge is -2.26. The summed E-state index contributed by atoms with van der Waals surface area (Å²) >= 11 is 0. The van der Waals surface area contributed by atoms with Crippen LogP contribution in [0.15, 0.2) is 29.6 Å². The highest BCUT2D eigenvalue weighted by molar-refractivity contribution is 5.79. The Morgan fingerprint density at radius 1 is 1.44 bits per heavy atom. The van der Waals surface area contributed by atoms with Gasteiger partial charge in [0.05, 0.1) is 0 Å². The van der Waals surface area contributed by atoms with Crippen molar-refractivity contribution in [2.24, 2.45) is 10.9 Å². The van der Waals surface area contributed by atoms with Crippen LogP contribution in [-0.2, 0) is 6.42 Å². The number of aromatic nitrogens is 1. The summed E-state index contributed by atoms with van der Waals surface area (Å²) < 4.78 is 0. The van der Waals surface area contributed by atoms with Gasteiger partial charge in [-0.25, -0.2) is 0 Å². The van der Waals surface area contributed by atoms with Crippen molar-refractivity contribution in [1.29, 1.82) is 0 Å². The van der Waals surface area contributed by atoms with Gasteiger partial charge in [0.25, 0.3) is 0 Å². The van der Waals surface area contributed by atoms with E-state index in [1.807, 2.05) is 24.4 Å². The van der Waals surface area contributed by atoms with Gasteiger partial charge in [-0.3, -0.25) is 4.98 Å². The molecule has 1 rings (SSSR count). The number of hydrogen-bond acceptors (Lipinski definition) is 4. The molecule has 0 aliphatic heterocycles. The highest BCUT2D eigenvalue weighted by Gasteiger charge is 2.10. The second-order valence-electron chi connectivity index (χ2n) is 4.54. The average molecular weight is 250 g/mol. The summed E-state index contributed by atoms with van der Waals surface area (Å²) in [6.07, 6.45) is 3.30. The molecule has 5 nitrogen and oxygen atoms in total. The third kappa shape index (κ3) is 5.14. The lowest BCUT2D eigenvalue weighted by atomic mass is 10.2. The van der Waals surface area contributed by atoms with E-state index in [4.69, 9.17) is 10.9 Å².